The highest BCUT2D eigenvalue weighted by atomic mass is 16.5. The van der Waals surface area contributed by atoms with Crippen molar-refractivity contribution in [1.82, 2.24) is 5.32 Å². The molecule has 0 saturated carbocycles. The number of hydrogen-bond acceptors (Lipinski definition) is 3. The molecule has 4 nitrogen and oxygen atoms in total. The molecular formula is C14H20N2O2. The third-order valence-corrected chi connectivity index (χ3v) is 3.38. The number of nitrogens with one attached hydrogen (secondary N) is 1. The van der Waals surface area contributed by atoms with Crippen LogP contribution in [0, 0.1) is 0 Å². The zero-order valence-electron chi connectivity index (χ0n) is 10.7. The van der Waals surface area contributed by atoms with E-state index in [1.807, 2.05) is 19.1 Å². The number of hydrogen-bond donors (Lipinski definition) is 2. The Morgan fingerprint density at radius 2 is 2.17 bits per heavy atom. The topological polar surface area (TPSA) is 64.4 Å². The molecule has 1 aromatic carbocycles. The SMILES string of the molecule is CC1(CNC(=O)c2ccc(CN)cc2)CCCO1. The molecule has 4 heteroatoms. The highest BCUT2D eigenvalue weighted by Gasteiger charge is 2.30. The van der Waals surface area contributed by atoms with E-state index in [1.165, 1.54) is 0 Å². The van der Waals surface area contributed by atoms with E-state index in [-0.39, 0.29) is 11.5 Å². The molecule has 1 fully saturated rings. The lowest BCUT2D eigenvalue weighted by atomic mass is 10.0. The van der Waals surface area contributed by atoms with Crippen LogP contribution in [0.5, 0.6) is 0 Å². The van der Waals surface area contributed by atoms with E-state index in [9.17, 15) is 4.79 Å². The minimum absolute atomic E-state index is 0.0599. The quantitative estimate of drug-likeness (QED) is 0.847. The molecule has 1 unspecified atom stereocenters. The van der Waals surface area contributed by atoms with Gasteiger partial charge in [-0.25, -0.2) is 0 Å². The van der Waals surface area contributed by atoms with Gasteiger partial charge in [0.25, 0.3) is 5.91 Å². The standard InChI is InChI=1S/C14H20N2O2/c1-14(7-2-8-18-14)10-16-13(17)12-5-3-11(9-15)4-6-12/h3-6H,2,7-10,15H2,1H3,(H,16,17). The monoisotopic (exact) mass is 248 g/mol. The molecule has 2 rings (SSSR count). The van der Waals surface area contributed by atoms with Gasteiger partial charge in [0.05, 0.1) is 5.60 Å². The van der Waals surface area contributed by atoms with Gasteiger partial charge in [0.2, 0.25) is 0 Å². The van der Waals surface area contributed by atoms with Crippen molar-refractivity contribution in [1.29, 1.82) is 0 Å². The predicted octanol–water partition coefficient (Wildman–Crippen LogP) is 1.44. The molecule has 0 bridgehead atoms. The van der Waals surface area contributed by atoms with E-state index in [4.69, 9.17) is 10.5 Å². The number of carbonyl (C=O) groups is 1. The molecule has 1 atom stereocenters. The van der Waals surface area contributed by atoms with Crippen molar-refractivity contribution in [3.8, 4) is 0 Å². The fraction of sp³-hybridized carbons (Fsp3) is 0.500. The summed E-state index contributed by atoms with van der Waals surface area (Å²) in [6.45, 7) is 3.88. The fourth-order valence-electron chi connectivity index (χ4n) is 2.14. The van der Waals surface area contributed by atoms with E-state index in [0.717, 1.165) is 25.0 Å². The summed E-state index contributed by atoms with van der Waals surface area (Å²) >= 11 is 0. The average Bonchev–Trinajstić information content (AvgIpc) is 2.83. The summed E-state index contributed by atoms with van der Waals surface area (Å²) in [7, 11) is 0. The smallest absolute Gasteiger partial charge is 0.251 e. The minimum Gasteiger partial charge on any atom is -0.373 e. The summed E-state index contributed by atoms with van der Waals surface area (Å²) in [6.07, 6.45) is 2.07. The van der Waals surface area contributed by atoms with Crippen LogP contribution >= 0.6 is 0 Å². The van der Waals surface area contributed by atoms with Gasteiger partial charge in [0.1, 0.15) is 0 Å². The molecule has 1 aromatic rings. The van der Waals surface area contributed by atoms with Crippen LogP contribution in [0.3, 0.4) is 0 Å². The van der Waals surface area contributed by atoms with Crippen LogP contribution < -0.4 is 11.1 Å². The largest absolute Gasteiger partial charge is 0.373 e. The second kappa shape index (κ2) is 5.50. The summed E-state index contributed by atoms with van der Waals surface area (Å²) in [6, 6.07) is 7.36. The molecule has 0 aromatic heterocycles. The summed E-state index contributed by atoms with van der Waals surface area (Å²) in [5.74, 6) is -0.0599. The Labute approximate surface area is 108 Å². The first kappa shape index (κ1) is 13.1. The second-order valence-electron chi connectivity index (χ2n) is 4.99. The van der Waals surface area contributed by atoms with Crippen molar-refractivity contribution in [3.63, 3.8) is 0 Å². The van der Waals surface area contributed by atoms with Gasteiger partial charge >= 0.3 is 0 Å². The summed E-state index contributed by atoms with van der Waals surface area (Å²) in [5.41, 5.74) is 7.00. The van der Waals surface area contributed by atoms with E-state index in [0.29, 0.717) is 18.7 Å². The number of carbonyl (C=O) groups excluding carboxylic acids is 1. The van der Waals surface area contributed by atoms with Crippen LogP contribution in [0.25, 0.3) is 0 Å². The van der Waals surface area contributed by atoms with Gasteiger partial charge in [-0.2, -0.15) is 0 Å². The molecule has 1 aliphatic heterocycles. The number of ether oxygens (including phenoxy) is 1. The third-order valence-electron chi connectivity index (χ3n) is 3.38. The predicted molar refractivity (Wildman–Crippen MR) is 70.3 cm³/mol. The van der Waals surface area contributed by atoms with Gasteiger partial charge in [-0.1, -0.05) is 12.1 Å². The normalized spacial score (nSPS) is 23.0. The maximum Gasteiger partial charge on any atom is 0.251 e. The lowest BCUT2D eigenvalue weighted by molar-refractivity contribution is 0.0206. The molecule has 1 saturated heterocycles. The van der Waals surface area contributed by atoms with E-state index < -0.39 is 0 Å². The maximum absolute atomic E-state index is 11.9. The molecule has 1 heterocycles. The van der Waals surface area contributed by atoms with Crippen molar-refractivity contribution in [2.45, 2.75) is 31.9 Å². The molecule has 0 radical (unpaired) electrons. The van der Waals surface area contributed by atoms with Gasteiger partial charge in [-0.3, -0.25) is 4.79 Å². The number of benzene rings is 1. The van der Waals surface area contributed by atoms with E-state index in [1.54, 1.807) is 12.1 Å². The number of rotatable bonds is 4. The molecule has 3 N–H and O–H groups in total. The highest BCUT2D eigenvalue weighted by Crippen LogP contribution is 2.23. The molecule has 0 spiro atoms. The number of nitrogens with two attached hydrogens (primary N) is 1. The second-order valence-corrected chi connectivity index (χ2v) is 4.99. The third kappa shape index (κ3) is 3.09. The number of amides is 1. The highest BCUT2D eigenvalue weighted by molar-refractivity contribution is 5.94. The van der Waals surface area contributed by atoms with Crippen LogP contribution in [0.1, 0.15) is 35.7 Å². The summed E-state index contributed by atoms with van der Waals surface area (Å²) in [4.78, 5) is 11.9. The van der Waals surface area contributed by atoms with Crippen LogP contribution in [0.15, 0.2) is 24.3 Å². The zero-order chi connectivity index (χ0) is 13.0. The Kier molecular flexibility index (Phi) is 3.99. The van der Waals surface area contributed by atoms with Crippen LogP contribution in [-0.4, -0.2) is 24.7 Å². The van der Waals surface area contributed by atoms with Crippen molar-refractivity contribution < 1.29 is 9.53 Å². The molecule has 1 aliphatic rings. The van der Waals surface area contributed by atoms with Crippen molar-refractivity contribution >= 4 is 5.91 Å². The van der Waals surface area contributed by atoms with Crippen molar-refractivity contribution in [3.05, 3.63) is 35.4 Å². The van der Waals surface area contributed by atoms with Gasteiger partial charge in [0.15, 0.2) is 0 Å². The Morgan fingerprint density at radius 3 is 2.72 bits per heavy atom. The molecule has 1 amide bonds. The maximum atomic E-state index is 11.9. The first-order chi connectivity index (χ1) is 8.63. The van der Waals surface area contributed by atoms with Gasteiger partial charge in [0, 0.05) is 25.3 Å². The Hall–Kier alpha value is -1.39. The lowest BCUT2D eigenvalue weighted by Crippen LogP contribution is -2.40. The first-order valence-electron chi connectivity index (χ1n) is 6.34. The van der Waals surface area contributed by atoms with Crippen molar-refractivity contribution in [2.24, 2.45) is 5.73 Å². The Bertz CT molecular complexity index is 408. The Balaban J connectivity index is 1.90. The van der Waals surface area contributed by atoms with Crippen molar-refractivity contribution in [2.75, 3.05) is 13.2 Å². The van der Waals surface area contributed by atoms with E-state index in [2.05, 4.69) is 5.32 Å². The fourth-order valence-corrected chi connectivity index (χ4v) is 2.14. The van der Waals surface area contributed by atoms with Crippen LogP contribution in [0.4, 0.5) is 0 Å². The van der Waals surface area contributed by atoms with Gasteiger partial charge < -0.3 is 15.8 Å². The van der Waals surface area contributed by atoms with Crippen LogP contribution in [-0.2, 0) is 11.3 Å². The minimum atomic E-state index is -0.202. The molecule has 0 aliphatic carbocycles. The first-order valence-corrected chi connectivity index (χ1v) is 6.34. The zero-order valence-corrected chi connectivity index (χ0v) is 10.7. The summed E-state index contributed by atoms with van der Waals surface area (Å²) < 4.78 is 5.63. The average molecular weight is 248 g/mol. The molecule has 98 valence electrons. The Morgan fingerprint density at radius 1 is 1.44 bits per heavy atom. The van der Waals surface area contributed by atoms with E-state index >= 15 is 0 Å². The lowest BCUT2D eigenvalue weighted by Gasteiger charge is -2.23. The van der Waals surface area contributed by atoms with Crippen LogP contribution in [0.2, 0.25) is 0 Å². The molecular weight excluding hydrogens is 228 g/mol. The summed E-state index contributed by atoms with van der Waals surface area (Å²) in [5, 5.41) is 2.92. The van der Waals surface area contributed by atoms with Gasteiger partial charge in [-0.05, 0) is 37.5 Å². The molecule has 18 heavy (non-hydrogen) atoms. The van der Waals surface area contributed by atoms with Gasteiger partial charge in [-0.15, -0.1) is 0 Å².